The Morgan fingerprint density at radius 3 is 2.23 bits per heavy atom. The van der Waals surface area contributed by atoms with Gasteiger partial charge in [0.2, 0.25) is 0 Å². The zero-order valence-electron chi connectivity index (χ0n) is 19.4. The molecule has 0 atom stereocenters. The van der Waals surface area contributed by atoms with Crippen LogP contribution in [0.4, 0.5) is 0 Å². The van der Waals surface area contributed by atoms with E-state index in [0.29, 0.717) is 29.1 Å². The van der Waals surface area contributed by atoms with Gasteiger partial charge in [0.25, 0.3) is 11.8 Å². The number of piperazine rings is 1. The molecule has 1 aromatic rings. The average molecular weight is 428 g/mol. The highest BCUT2D eigenvalue weighted by Crippen LogP contribution is 2.36. The molecule has 1 fully saturated rings. The van der Waals surface area contributed by atoms with E-state index in [2.05, 4.69) is 23.6 Å². The van der Waals surface area contributed by atoms with E-state index >= 15 is 0 Å². The van der Waals surface area contributed by atoms with E-state index in [9.17, 15) is 9.59 Å². The number of likely N-dealkylation sites (N-methyl/N-ethyl adjacent to an activating group) is 1. The summed E-state index contributed by atoms with van der Waals surface area (Å²) in [6.07, 6.45) is 6.74. The number of hydrogen-bond acceptors (Lipinski definition) is 5. The van der Waals surface area contributed by atoms with Crippen LogP contribution in [0.1, 0.15) is 57.9 Å². The van der Waals surface area contributed by atoms with Gasteiger partial charge in [-0.05, 0) is 19.0 Å². The van der Waals surface area contributed by atoms with E-state index in [-0.39, 0.29) is 11.8 Å². The van der Waals surface area contributed by atoms with Crippen molar-refractivity contribution in [2.45, 2.75) is 52.4 Å². The number of carbonyl (C=O) groups excluding carboxylic acids is 2. The van der Waals surface area contributed by atoms with E-state index in [0.717, 1.165) is 52.0 Å². The van der Waals surface area contributed by atoms with Crippen molar-refractivity contribution >= 4 is 17.4 Å². The number of hydrogen-bond donors (Lipinski definition) is 0. The molecule has 31 heavy (non-hydrogen) atoms. The highest BCUT2D eigenvalue weighted by atomic mass is 16.5. The largest absolute Gasteiger partial charge is 0.496 e. The summed E-state index contributed by atoms with van der Waals surface area (Å²) >= 11 is 0. The minimum atomic E-state index is -0.184. The summed E-state index contributed by atoms with van der Waals surface area (Å²) in [7, 11) is 1.61. The predicted octanol–water partition coefficient (Wildman–Crippen LogP) is 3.77. The van der Waals surface area contributed by atoms with Gasteiger partial charge in [0.05, 0.1) is 12.7 Å². The smallest absolute Gasteiger partial charge is 0.277 e. The molecule has 1 saturated heterocycles. The Kier molecular flexibility index (Phi) is 8.52. The maximum Gasteiger partial charge on any atom is 0.277 e. The third kappa shape index (κ3) is 5.29. The molecule has 0 N–H and O–H groups in total. The fraction of sp³-hybridized carbons (Fsp3) is 0.600. The van der Waals surface area contributed by atoms with Crippen LogP contribution in [0.2, 0.25) is 0 Å². The average Bonchev–Trinajstić information content (AvgIpc) is 3.05. The van der Waals surface area contributed by atoms with Crippen molar-refractivity contribution in [2.75, 3.05) is 46.4 Å². The molecule has 0 radical (unpaired) electrons. The van der Waals surface area contributed by atoms with E-state index in [1.54, 1.807) is 7.11 Å². The number of imide groups is 1. The summed E-state index contributed by atoms with van der Waals surface area (Å²) < 4.78 is 5.54. The maximum atomic E-state index is 13.5. The van der Waals surface area contributed by atoms with Crippen LogP contribution >= 0.6 is 0 Å². The van der Waals surface area contributed by atoms with Crippen molar-refractivity contribution < 1.29 is 14.3 Å². The highest BCUT2D eigenvalue weighted by Gasteiger charge is 2.42. The monoisotopic (exact) mass is 427 g/mol. The van der Waals surface area contributed by atoms with Crippen molar-refractivity contribution in [3.63, 3.8) is 0 Å². The fourth-order valence-corrected chi connectivity index (χ4v) is 4.49. The number of nitrogens with zero attached hydrogens (tertiary/aromatic N) is 3. The lowest BCUT2D eigenvalue weighted by Crippen LogP contribution is -2.47. The highest BCUT2D eigenvalue weighted by molar-refractivity contribution is 6.36. The first-order valence-electron chi connectivity index (χ1n) is 11.8. The zero-order valence-corrected chi connectivity index (χ0v) is 19.4. The maximum absolute atomic E-state index is 13.5. The number of rotatable bonds is 11. The normalized spacial score (nSPS) is 17.8. The Balaban J connectivity index is 1.83. The van der Waals surface area contributed by atoms with E-state index < -0.39 is 0 Å². The Morgan fingerprint density at radius 2 is 1.55 bits per heavy atom. The summed E-state index contributed by atoms with van der Waals surface area (Å²) in [4.78, 5) is 32.9. The number of methoxy groups -OCH3 is 1. The van der Waals surface area contributed by atoms with Crippen molar-refractivity contribution in [1.29, 1.82) is 0 Å². The van der Waals surface area contributed by atoms with Gasteiger partial charge >= 0.3 is 0 Å². The molecule has 2 aliphatic heterocycles. The molecule has 6 nitrogen and oxygen atoms in total. The van der Waals surface area contributed by atoms with Gasteiger partial charge in [-0.15, -0.1) is 0 Å². The minimum absolute atomic E-state index is 0.149. The van der Waals surface area contributed by atoms with Gasteiger partial charge in [-0.2, -0.15) is 0 Å². The molecule has 2 heterocycles. The third-order valence-electron chi connectivity index (χ3n) is 6.39. The van der Waals surface area contributed by atoms with E-state index in [1.807, 2.05) is 24.3 Å². The van der Waals surface area contributed by atoms with Crippen molar-refractivity contribution in [3.8, 4) is 5.75 Å². The first-order valence-corrected chi connectivity index (χ1v) is 11.8. The molecule has 0 unspecified atom stereocenters. The second-order valence-electron chi connectivity index (χ2n) is 8.37. The molecule has 2 aliphatic rings. The Morgan fingerprint density at radius 1 is 0.871 bits per heavy atom. The molecular weight excluding hydrogens is 390 g/mol. The summed E-state index contributed by atoms with van der Waals surface area (Å²) in [5, 5.41) is 0. The molecular formula is C25H37N3O3. The molecule has 0 aromatic heterocycles. The van der Waals surface area contributed by atoms with E-state index in [1.165, 1.54) is 24.2 Å². The van der Waals surface area contributed by atoms with Crippen LogP contribution in [0.15, 0.2) is 30.0 Å². The summed E-state index contributed by atoms with van der Waals surface area (Å²) in [6.45, 7) is 9.16. The summed E-state index contributed by atoms with van der Waals surface area (Å²) in [5.41, 5.74) is 1.76. The van der Waals surface area contributed by atoms with Crippen LogP contribution in [-0.4, -0.2) is 72.9 Å². The second-order valence-corrected chi connectivity index (χ2v) is 8.37. The van der Waals surface area contributed by atoms with Gasteiger partial charge < -0.3 is 14.5 Å². The van der Waals surface area contributed by atoms with Gasteiger partial charge in [0.1, 0.15) is 11.4 Å². The van der Waals surface area contributed by atoms with Gasteiger partial charge in [0.15, 0.2) is 0 Å². The molecule has 6 heteroatoms. The van der Waals surface area contributed by atoms with Crippen LogP contribution in [0.5, 0.6) is 5.75 Å². The zero-order chi connectivity index (χ0) is 22.2. The van der Waals surface area contributed by atoms with Gasteiger partial charge in [-0.3, -0.25) is 14.5 Å². The first-order chi connectivity index (χ1) is 15.1. The number of amides is 2. The van der Waals surface area contributed by atoms with Gasteiger partial charge in [-0.25, -0.2) is 0 Å². The van der Waals surface area contributed by atoms with E-state index in [4.69, 9.17) is 4.74 Å². The van der Waals surface area contributed by atoms with Crippen molar-refractivity contribution in [2.24, 2.45) is 0 Å². The number of ether oxygens (including phenoxy) is 1. The van der Waals surface area contributed by atoms with Crippen molar-refractivity contribution in [1.82, 2.24) is 14.7 Å². The molecule has 0 aliphatic carbocycles. The molecule has 0 bridgehead atoms. The lowest BCUT2D eigenvalue weighted by molar-refractivity contribution is -0.137. The predicted molar refractivity (Wildman–Crippen MR) is 124 cm³/mol. The fourth-order valence-electron chi connectivity index (χ4n) is 4.49. The second kappa shape index (κ2) is 11.3. The molecule has 0 saturated carbocycles. The van der Waals surface area contributed by atoms with Crippen LogP contribution in [0, 0.1) is 0 Å². The lowest BCUT2D eigenvalue weighted by Gasteiger charge is -2.36. The number of carbonyl (C=O) groups is 2. The van der Waals surface area contributed by atoms with Crippen LogP contribution in [-0.2, 0) is 9.59 Å². The van der Waals surface area contributed by atoms with Crippen LogP contribution in [0.25, 0.3) is 5.57 Å². The Bertz CT molecular complexity index is 797. The minimum Gasteiger partial charge on any atom is -0.496 e. The third-order valence-corrected chi connectivity index (χ3v) is 6.39. The summed E-state index contributed by atoms with van der Waals surface area (Å²) in [5.74, 6) is 0.296. The van der Waals surface area contributed by atoms with Crippen LogP contribution in [0.3, 0.4) is 0 Å². The standard InChI is InChI=1S/C25H37N3O3/c1-4-6-7-8-9-12-15-28-24(29)22(20-13-10-11-14-21(20)31-3)23(25(28)30)27-18-16-26(5-2)17-19-27/h10-11,13-14H,4-9,12,15-19H2,1-3H3. The molecule has 1 aromatic carbocycles. The van der Waals surface area contributed by atoms with Crippen LogP contribution < -0.4 is 4.74 Å². The summed E-state index contributed by atoms with van der Waals surface area (Å²) in [6, 6.07) is 7.52. The first kappa shape index (κ1) is 23.3. The molecule has 0 spiro atoms. The van der Waals surface area contributed by atoms with Gasteiger partial charge in [0, 0.05) is 38.3 Å². The van der Waals surface area contributed by atoms with Gasteiger partial charge in [-0.1, -0.05) is 64.2 Å². The topological polar surface area (TPSA) is 53.1 Å². The SMILES string of the molecule is CCCCCCCCN1C(=O)C(c2ccccc2OC)=C(N2CCN(CC)CC2)C1=O. The number of para-hydroxylation sites is 1. The number of benzene rings is 1. The number of unbranched alkanes of at least 4 members (excludes halogenated alkanes) is 5. The quantitative estimate of drug-likeness (QED) is 0.397. The Hall–Kier alpha value is -2.34. The van der Waals surface area contributed by atoms with Crippen molar-refractivity contribution in [3.05, 3.63) is 35.5 Å². The molecule has 2 amide bonds. The molecule has 170 valence electrons. The lowest BCUT2D eigenvalue weighted by atomic mass is 10.0. The molecule has 3 rings (SSSR count). The Labute approximate surface area is 186 Å².